The Morgan fingerprint density at radius 2 is 2.28 bits per heavy atom. The number of esters is 1. The van der Waals surface area contributed by atoms with Gasteiger partial charge in [-0.2, -0.15) is 8.78 Å². The number of alkyl halides is 2. The Kier molecular flexibility index (Phi) is 3.87. The number of rotatable bonds is 3. The summed E-state index contributed by atoms with van der Waals surface area (Å²) in [4.78, 5) is 13.0. The van der Waals surface area contributed by atoms with Gasteiger partial charge in [-0.05, 0) is 18.9 Å². The van der Waals surface area contributed by atoms with Gasteiger partial charge in [0.15, 0.2) is 0 Å². The van der Waals surface area contributed by atoms with E-state index in [0.29, 0.717) is 12.5 Å². The van der Waals surface area contributed by atoms with Gasteiger partial charge in [-0.1, -0.05) is 13.3 Å². The van der Waals surface area contributed by atoms with Crippen LogP contribution < -0.4 is 5.73 Å². The lowest BCUT2D eigenvalue weighted by atomic mass is 9.90. The zero-order valence-electron chi connectivity index (χ0n) is 10.6. The number of ether oxygens (including phenoxy) is 1. The number of carbonyl (C=O) groups excluding carboxylic acids is 1. The molecule has 0 saturated carbocycles. The van der Waals surface area contributed by atoms with Gasteiger partial charge in [0.25, 0.3) is 0 Å². The molecule has 0 aromatic heterocycles. The third-order valence-corrected chi connectivity index (χ3v) is 3.92. The number of hydrogen-bond donors (Lipinski definition) is 1. The summed E-state index contributed by atoms with van der Waals surface area (Å²) < 4.78 is 30.8. The lowest BCUT2D eigenvalue weighted by Gasteiger charge is -2.37. The van der Waals surface area contributed by atoms with Gasteiger partial charge >= 0.3 is 11.9 Å². The fraction of sp³-hybridized carbons (Fsp3) is 0.917. The summed E-state index contributed by atoms with van der Waals surface area (Å²) in [5.74, 6) is -4.29. The van der Waals surface area contributed by atoms with Gasteiger partial charge in [-0.3, -0.25) is 4.90 Å². The van der Waals surface area contributed by atoms with Gasteiger partial charge < -0.3 is 10.5 Å². The van der Waals surface area contributed by atoms with Crippen molar-refractivity contribution in [1.82, 2.24) is 4.90 Å². The van der Waals surface area contributed by atoms with E-state index in [9.17, 15) is 13.6 Å². The molecule has 2 N–H and O–H groups in total. The number of piperidine rings is 1. The number of nitrogens with two attached hydrogens (primary N) is 1. The second kappa shape index (κ2) is 5.09. The highest BCUT2D eigenvalue weighted by molar-refractivity contribution is 5.79. The number of halogens is 2. The van der Waals surface area contributed by atoms with Crippen LogP contribution in [-0.4, -0.2) is 48.6 Å². The van der Waals surface area contributed by atoms with Gasteiger partial charge in [0.1, 0.15) is 6.10 Å². The summed E-state index contributed by atoms with van der Waals surface area (Å²) in [5.41, 5.74) is 5.99. The van der Waals surface area contributed by atoms with Crippen LogP contribution in [0.1, 0.15) is 26.2 Å². The fourth-order valence-electron chi connectivity index (χ4n) is 2.76. The smallest absolute Gasteiger partial charge is 0.377 e. The van der Waals surface area contributed by atoms with Gasteiger partial charge in [0.05, 0.1) is 6.42 Å². The molecule has 2 aliphatic rings. The topological polar surface area (TPSA) is 55.6 Å². The summed E-state index contributed by atoms with van der Waals surface area (Å²) in [5, 5.41) is 0. The molecule has 0 aliphatic carbocycles. The molecular formula is C12H20F2N2O2. The molecule has 104 valence electrons. The van der Waals surface area contributed by atoms with Crippen molar-refractivity contribution in [3.8, 4) is 0 Å². The Morgan fingerprint density at radius 1 is 1.56 bits per heavy atom. The second-order valence-corrected chi connectivity index (χ2v) is 5.32. The van der Waals surface area contributed by atoms with Crippen LogP contribution in [0.2, 0.25) is 0 Å². The van der Waals surface area contributed by atoms with Crippen molar-refractivity contribution in [2.75, 3.05) is 19.6 Å². The standard InChI is InChI=1S/C12H20F2N2O2/c1-2-8-6-16(4-3-10(8)15)7-9-5-12(13,14)11(17)18-9/h8-10H,2-7,15H2,1H3. The van der Waals surface area contributed by atoms with E-state index >= 15 is 0 Å². The largest absolute Gasteiger partial charge is 0.456 e. The molecule has 2 fully saturated rings. The number of cyclic esters (lactones) is 1. The van der Waals surface area contributed by atoms with E-state index in [1.807, 2.05) is 0 Å². The highest BCUT2D eigenvalue weighted by Crippen LogP contribution is 2.31. The number of nitrogens with zero attached hydrogens (tertiary/aromatic N) is 1. The minimum Gasteiger partial charge on any atom is -0.456 e. The van der Waals surface area contributed by atoms with Crippen molar-refractivity contribution in [1.29, 1.82) is 0 Å². The third-order valence-electron chi connectivity index (χ3n) is 3.92. The summed E-state index contributed by atoms with van der Waals surface area (Å²) in [7, 11) is 0. The van der Waals surface area contributed by atoms with Crippen molar-refractivity contribution in [3.63, 3.8) is 0 Å². The molecule has 0 amide bonds. The summed E-state index contributed by atoms with van der Waals surface area (Å²) in [6.07, 6.45) is 0.679. The highest BCUT2D eigenvalue weighted by atomic mass is 19.3. The molecule has 0 spiro atoms. The average molecular weight is 262 g/mol. The minimum absolute atomic E-state index is 0.193. The molecule has 0 aromatic carbocycles. The predicted molar refractivity (Wildman–Crippen MR) is 62.3 cm³/mol. The Hall–Kier alpha value is -0.750. The van der Waals surface area contributed by atoms with E-state index in [2.05, 4.69) is 11.8 Å². The number of hydrogen-bond acceptors (Lipinski definition) is 4. The first-order valence-corrected chi connectivity index (χ1v) is 6.49. The predicted octanol–water partition coefficient (Wildman–Crippen LogP) is 0.996. The second-order valence-electron chi connectivity index (χ2n) is 5.32. The van der Waals surface area contributed by atoms with Crippen molar-refractivity contribution < 1.29 is 18.3 Å². The zero-order valence-corrected chi connectivity index (χ0v) is 10.6. The van der Waals surface area contributed by atoms with Gasteiger partial charge in [0, 0.05) is 19.1 Å². The maximum absolute atomic E-state index is 13.0. The van der Waals surface area contributed by atoms with Crippen LogP contribution in [0.3, 0.4) is 0 Å². The first kappa shape index (κ1) is 13.7. The molecule has 2 saturated heterocycles. The van der Waals surface area contributed by atoms with E-state index < -0.39 is 24.4 Å². The van der Waals surface area contributed by atoms with E-state index in [-0.39, 0.29) is 6.04 Å². The normalized spacial score (nSPS) is 36.7. The molecule has 2 heterocycles. The van der Waals surface area contributed by atoms with Crippen LogP contribution in [0, 0.1) is 5.92 Å². The van der Waals surface area contributed by atoms with E-state index in [4.69, 9.17) is 10.5 Å². The van der Waals surface area contributed by atoms with Crippen LogP contribution in [-0.2, 0) is 9.53 Å². The average Bonchev–Trinajstić information content (AvgIpc) is 2.55. The van der Waals surface area contributed by atoms with Crippen LogP contribution in [0.15, 0.2) is 0 Å². The molecule has 18 heavy (non-hydrogen) atoms. The molecule has 0 radical (unpaired) electrons. The monoisotopic (exact) mass is 262 g/mol. The van der Waals surface area contributed by atoms with Crippen LogP contribution in [0.4, 0.5) is 8.78 Å². The van der Waals surface area contributed by atoms with Gasteiger partial charge in [-0.15, -0.1) is 0 Å². The van der Waals surface area contributed by atoms with Gasteiger partial charge in [0.2, 0.25) is 0 Å². The quantitative estimate of drug-likeness (QED) is 0.771. The first-order valence-electron chi connectivity index (χ1n) is 6.49. The van der Waals surface area contributed by atoms with Crippen molar-refractivity contribution in [3.05, 3.63) is 0 Å². The van der Waals surface area contributed by atoms with Crippen molar-refractivity contribution in [2.45, 2.75) is 44.3 Å². The SMILES string of the molecule is CCC1CN(CC2CC(F)(F)C(=O)O2)CCC1N. The maximum Gasteiger partial charge on any atom is 0.377 e. The van der Waals surface area contributed by atoms with Crippen LogP contribution in [0.5, 0.6) is 0 Å². The number of carbonyl (C=O) groups is 1. The van der Waals surface area contributed by atoms with Crippen molar-refractivity contribution >= 4 is 5.97 Å². The van der Waals surface area contributed by atoms with Gasteiger partial charge in [-0.25, -0.2) is 4.79 Å². The molecule has 0 bridgehead atoms. The van der Waals surface area contributed by atoms with Crippen LogP contribution >= 0.6 is 0 Å². The molecular weight excluding hydrogens is 242 g/mol. The zero-order chi connectivity index (χ0) is 13.3. The minimum atomic E-state index is -3.30. The molecule has 0 aromatic rings. The highest BCUT2D eigenvalue weighted by Gasteiger charge is 2.51. The lowest BCUT2D eigenvalue weighted by molar-refractivity contribution is -0.159. The third kappa shape index (κ3) is 2.80. The molecule has 6 heteroatoms. The van der Waals surface area contributed by atoms with E-state index in [0.717, 1.165) is 25.9 Å². The molecule has 2 rings (SSSR count). The summed E-state index contributed by atoms with van der Waals surface area (Å²) in [6.45, 7) is 4.07. The summed E-state index contributed by atoms with van der Waals surface area (Å²) in [6, 6.07) is 0.193. The number of likely N-dealkylation sites (tertiary alicyclic amines) is 1. The molecule has 2 aliphatic heterocycles. The molecule has 4 nitrogen and oxygen atoms in total. The Bertz CT molecular complexity index is 325. The Balaban J connectivity index is 1.86. The maximum atomic E-state index is 13.0. The van der Waals surface area contributed by atoms with Crippen molar-refractivity contribution in [2.24, 2.45) is 11.7 Å². The Morgan fingerprint density at radius 3 is 2.83 bits per heavy atom. The van der Waals surface area contributed by atoms with E-state index in [1.165, 1.54) is 0 Å². The Labute approximate surface area is 105 Å². The lowest BCUT2D eigenvalue weighted by Crippen LogP contribution is -2.48. The van der Waals surface area contributed by atoms with E-state index in [1.54, 1.807) is 0 Å². The molecule has 3 atom stereocenters. The first-order chi connectivity index (χ1) is 8.42. The fourth-order valence-corrected chi connectivity index (χ4v) is 2.76. The molecule has 3 unspecified atom stereocenters. The van der Waals surface area contributed by atoms with Crippen LogP contribution in [0.25, 0.3) is 0 Å². The summed E-state index contributed by atoms with van der Waals surface area (Å²) >= 11 is 0.